The second-order valence-corrected chi connectivity index (χ2v) is 6.63. The van der Waals surface area contributed by atoms with Gasteiger partial charge in [-0.3, -0.25) is 4.31 Å². The average Bonchev–Trinajstić information content (AvgIpc) is 2.92. The van der Waals surface area contributed by atoms with Gasteiger partial charge < -0.3 is 9.90 Å². The zero-order valence-corrected chi connectivity index (χ0v) is 11.8. The van der Waals surface area contributed by atoms with Crippen molar-refractivity contribution in [2.24, 2.45) is 0 Å². The van der Waals surface area contributed by atoms with E-state index in [1.165, 1.54) is 22.5 Å². The van der Waals surface area contributed by atoms with E-state index >= 15 is 0 Å². The Morgan fingerprint density at radius 2 is 1.86 bits per heavy atom. The zero-order valence-electron chi connectivity index (χ0n) is 11.0. The van der Waals surface area contributed by atoms with Crippen molar-refractivity contribution in [3.8, 4) is 0 Å². The molecule has 0 N–H and O–H groups in total. The first-order valence-electron chi connectivity index (χ1n) is 6.42. The summed E-state index contributed by atoms with van der Waals surface area (Å²) in [5.41, 5.74) is 1.47. The van der Waals surface area contributed by atoms with E-state index < -0.39 is 16.0 Å². The quantitative estimate of drug-likeness (QED) is 0.840. The van der Waals surface area contributed by atoms with E-state index in [0.717, 1.165) is 11.6 Å². The highest BCUT2D eigenvalue weighted by Crippen LogP contribution is 2.32. The fraction of sp³-hybridized carbons (Fsp3) is 0.133. The summed E-state index contributed by atoms with van der Waals surface area (Å²) in [7, 11) is -3.77. The van der Waals surface area contributed by atoms with Crippen molar-refractivity contribution in [1.82, 2.24) is 0 Å². The van der Waals surface area contributed by atoms with Gasteiger partial charge in [-0.15, -0.1) is 0 Å². The van der Waals surface area contributed by atoms with Crippen LogP contribution in [-0.2, 0) is 16.4 Å². The number of carboxylic acid groups (broad SMARTS) is 1. The minimum absolute atomic E-state index is 0.0408. The summed E-state index contributed by atoms with van der Waals surface area (Å²) in [6.07, 6.45) is 0.648. The van der Waals surface area contributed by atoms with Crippen molar-refractivity contribution in [3.05, 3.63) is 59.7 Å². The topological polar surface area (TPSA) is 77.5 Å². The molecule has 1 aliphatic rings. The first-order chi connectivity index (χ1) is 10.00. The fourth-order valence-electron chi connectivity index (χ4n) is 2.47. The van der Waals surface area contributed by atoms with Gasteiger partial charge in [-0.2, -0.15) is 0 Å². The molecule has 6 heteroatoms. The third-order valence-electron chi connectivity index (χ3n) is 3.50. The van der Waals surface area contributed by atoms with E-state index in [1.54, 1.807) is 12.1 Å². The number of carbonyl (C=O) groups is 1. The van der Waals surface area contributed by atoms with E-state index in [0.29, 0.717) is 18.7 Å². The van der Waals surface area contributed by atoms with Gasteiger partial charge in [0, 0.05) is 6.54 Å². The molecule has 5 nitrogen and oxygen atoms in total. The molecule has 0 aliphatic carbocycles. The number of hydrogen-bond donors (Lipinski definition) is 0. The molecule has 0 saturated heterocycles. The largest absolute Gasteiger partial charge is 0.545 e. The smallest absolute Gasteiger partial charge is 0.264 e. The second kappa shape index (κ2) is 4.89. The minimum Gasteiger partial charge on any atom is -0.545 e. The highest BCUT2D eigenvalue weighted by atomic mass is 32.2. The minimum atomic E-state index is -3.77. The average molecular weight is 302 g/mol. The maximum absolute atomic E-state index is 12.7. The molecular weight excluding hydrogens is 290 g/mol. The first-order valence-corrected chi connectivity index (χ1v) is 7.86. The lowest BCUT2D eigenvalue weighted by Crippen LogP contribution is -2.29. The molecule has 0 radical (unpaired) electrons. The van der Waals surface area contributed by atoms with Crippen molar-refractivity contribution in [1.29, 1.82) is 0 Å². The predicted octanol–water partition coefficient (Wildman–Crippen LogP) is 0.801. The van der Waals surface area contributed by atoms with E-state index in [-0.39, 0.29) is 10.5 Å². The van der Waals surface area contributed by atoms with Crippen LogP contribution in [0.3, 0.4) is 0 Å². The lowest BCUT2D eigenvalue weighted by molar-refractivity contribution is -0.255. The Labute approximate surface area is 122 Å². The van der Waals surface area contributed by atoms with Crippen LogP contribution in [0.2, 0.25) is 0 Å². The summed E-state index contributed by atoms with van der Waals surface area (Å²) in [6.45, 7) is 0.358. The summed E-state index contributed by atoms with van der Waals surface area (Å²) in [5.74, 6) is -1.39. The lowest BCUT2D eigenvalue weighted by Gasteiger charge is -2.20. The summed E-state index contributed by atoms with van der Waals surface area (Å²) in [6, 6.07) is 12.5. The molecule has 0 fully saturated rings. The van der Waals surface area contributed by atoms with Crippen molar-refractivity contribution in [2.45, 2.75) is 11.3 Å². The van der Waals surface area contributed by atoms with Crippen LogP contribution in [0.4, 0.5) is 5.69 Å². The van der Waals surface area contributed by atoms with Gasteiger partial charge in [-0.1, -0.05) is 30.3 Å². The normalized spacial score (nSPS) is 14.0. The van der Waals surface area contributed by atoms with Crippen molar-refractivity contribution >= 4 is 21.7 Å². The summed E-state index contributed by atoms with van der Waals surface area (Å²) in [4.78, 5) is 10.8. The second-order valence-electron chi connectivity index (χ2n) is 4.77. The number of anilines is 1. The van der Waals surface area contributed by atoms with Crippen molar-refractivity contribution in [3.63, 3.8) is 0 Å². The van der Waals surface area contributed by atoms with Gasteiger partial charge in [0.25, 0.3) is 10.0 Å². The molecule has 0 unspecified atom stereocenters. The number of para-hydroxylation sites is 1. The van der Waals surface area contributed by atoms with Crippen LogP contribution in [0.1, 0.15) is 15.9 Å². The summed E-state index contributed by atoms with van der Waals surface area (Å²) < 4.78 is 26.7. The molecule has 2 aromatic rings. The maximum atomic E-state index is 12.7. The van der Waals surface area contributed by atoms with Crippen LogP contribution >= 0.6 is 0 Å². The predicted molar refractivity (Wildman–Crippen MR) is 75.5 cm³/mol. The van der Waals surface area contributed by atoms with Gasteiger partial charge in [0.1, 0.15) is 0 Å². The molecule has 0 aromatic heterocycles. The van der Waals surface area contributed by atoms with E-state index in [9.17, 15) is 18.3 Å². The van der Waals surface area contributed by atoms with Crippen LogP contribution in [0, 0.1) is 0 Å². The molecule has 0 amide bonds. The van der Waals surface area contributed by atoms with Crippen LogP contribution in [0.5, 0.6) is 0 Å². The number of carbonyl (C=O) groups excluding carboxylic acids is 1. The number of aromatic carboxylic acids is 1. The van der Waals surface area contributed by atoms with E-state index in [2.05, 4.69) is 0 Å². The van der Waals surface area contributed by atoms with Gasteiger partial charge in [0.05, 0.1) is 16.6 Å². The SMILES string of the molecule is O=C([O-])c1cccc(S(=O)(=O)N2CCc3ccccc32)c1. The zero-order chi connectivity index (χ0) is 15.0. The Balaban J connectivity index is 2.06. The molecule has 2 aromatic carbocycles. The molecule has 1 heterocycles. The Morgan fingerprint density at radius 1 is 1.10 bits per heavy atom. The van der Waals surface area contributed by atoms with E-state index in [1.807, 2.05) is 12.1 Å². The third kappa shape index (κ3) is 2.27. The Kier molecular flexibility index (Phi) is 3.17. The van der Waals surface area contributed by atoms with Gasteiger partial charge >= 0.3 is 0 Å². The Hall–Kier alpha value is -2.34. The Bertz CT molecular complexity index is 814. The lowest BCUT2D eigenvalue weighted by atomic mass is 10.2. The Morgan fingerprint density at radius 3 is 2.62 bits per heavy atom. The summed E-state index contributed by atoms with van der Waals surface area (Å²) in [5, 5.41) is 10.9. The number of sulfonamides is 1. The molecule has 108 valence electrons. The molecule has 3 rings (SSSR count). The van der Waals surface area contributed by atoms with Crippen LogP contribution in [0.15, 0.2) is 53.4 Å². The van der Waals surface area contributed by atoms with Gasteiger partial charge in [-0.25, -0.2) is 8.42 Å². The molecule has 0 bridgehead atoms. The molecular formula is C15H12NO4S-. The number of carboxylic acids is 1. The standard InChI is InChI=1S/C15H13NO4S/c17-15(18)12-5-3-6-13(10-12)21(19,20)16-9-8-11-4-1-2-7-14(11)16/h1-7,10H,8-9H2,(H,17,18)/p-1. The molecule has 0 saturated carbocycles. The highest BCUT2D eigenvalue weighted by molar-refractivity contribution is 7.92. The number of hydrogen-bond acceptors (Lipinski definition) is 4. The van der Waals surface area contributed by atoms with Crippen LogP contribution in [-0.4, -0.2) is 20.9 Å². The first kappa shape index (κ1) is 13.6. The number of fused-ring (bicyclic) bond motifs is 1. The van der Waals surface area contributed by atoms with Gasteiger partial charge in [0.15, 0.2) is 0 Å². The van der Waals surface area contributed by atoms with Crippen LogP contribution in [0.25, 0.3) is 0 Å². The van der Waals surface area contributed by atoms with E-state index in [4.69, 9.17) is 0 Å². The summed E-state index contributed by atoms with van der Waals surface area (Å²) >= 11 is 0. The number of nitrogens with zero attached hydrogens (tertiary/aromatic N) is 1. The highest BCUT2D eigenvalue weighted by Gasteiger charge is 2.30. The maximum Gasteiger partial charge on any atom is 0.264 e. The number of benzene rings is 2. The molecule has 0 spiro atoms. The molecule has 0 atom stereocenters. The number of rotatable bonds is 3. The third-order valence-corrected chi connectivity index (χ3v) is 5.31. The van der Waals surface area contributed by atoms with Crippen LogP contribution < -0.4 is 9.41 Å². The monoisotopic (exact) mass is 302 g/mol. The van der Waals surface area contributed by atoms with Crippen molar-refractivity contribution < 1.29 is 18.3 Å². The fourth-order valence-corrected chi connectivity index (χ4v) is 4.02. The molecule has 1 aliphatic heterocycles. The van der Waals surface area contributed by atoms with Gasteiger partial charge in [0.2, 0.25) is 0 Å². The van der Waals surface area contributed by atoms with Crippen molar-refractivity contribution in [2.75, 3.05) is 10.8 Å². The van der Waals surface area contributed by atoms with Gasteiger partial charge in [-0.05, 0) is 35.7 Å². The molecule has 21 heavy (non-hydrogen) atoms.